The van der Waals surface area contributed by atoms with Crippen molar-refractivity contribution in [3.8, 4) is 0 Å². The average molecular weight is 155 g/mol. The Morgan fingerprint density at radius 2 is 2.09 bits per heavy atom. The van der Waals surface area contributed by atoms with E-state index in [0.29, 0.717) is 5.69 Å². The number of carboxylic acids is 1. The first-order valence-corrected chi connectivity index (χ1v) is 3.56. The topological polar surface area (TPSA) is 42.2 Å². The zero-order valence-corrected chi connectivity index (χ0v) is 7.03. The zero-order valence-electron chi connectivity index (χ0n) is 7.03. The second-order valence-corrected chi connectivity index (χ2v) is 1.81. The van der Waals surface area contributed by atoms with E-state index in [-0.39, 0.29) is 0 Å². The molecule has 0 aromatic carbocycles. The smallest absolute Gasteiger partial charge is 0.352 e. The summed E-state index contributed by atoms with van der Waals surface area (Å²) in [7, 11) is 1.70. The monoisotopic (exact) mass is 155 g/mol. The van der Waals surface area contributed by atoms with Crippen molar-refractivity contribution < 1.29 is 9.90 Å². The molecular formula is C8H13NO2. The van der Waals surface area contributed by atoms with E-state index in [4.69, 9.17) is 5.11 Å². The van der Waals surface area contributed by atoms with Crippen molar-refractivity contribution in [2.45, 2.75) is 13.8 Å². The summed E-state index contributed by atoms with van der Waals surface area (Å²) in [5, 5.41) is 8.43. The molecule has 3 nitrogen and oxygen atoms in total. The highest BCUT2D eigenvalue weighted by atomic mass is 16.4. The number of aromatic carboxylic acids is 1. The fraction of sp³-hybridized carbons (Fsp3) is 0.375. The molecule has 0 radical (unpaired) electrons. The number of carbonyl (C=O) groups is 1. The van der Waals surface area contributed by atoms with Gasteiger partial charge in [0.2, 0.25) is 0 Å². The minimum atomic E-state index is -0.887. The van der Waals surface area contributed by atoms with E-state index >= 15 is 0 Å². The number of aromatic nitrogens is 1. The van der Waals surface area contributed by atoms with Crippen molar-refractivity contribution in [2.24, 2.45) is 7.05 Å². The summed E-state index contributed by atoms with van der Waals surface area (Å²) in [4.78, 5) is 10.3. The molecule has 1 rings (SSSR count). The second kappa shape index (κ2) is 4.55. The van der Waals surface area contributed by atoms with Gasteiger partial charge in [0.15, 0.2) is 0 Å². The molecule has 0 fully saturated rings. The highest BCUT2D eigenvalue weighted by molar-refractivity contribution is 5.85. The zero-order chi connectivity index (χ0) is 8.85. The molecule has 11 heavy (non-hydrogen) atoms. The molecule has 0 unspecified atom stereocenters. The van der Waals surface area contributed by atoms with Crippen LogP contribution in [-0.2, 0) is 7.05 Å². The lowest BCUT2D eigenvalue weighted by atomic mass is 10.4. The van der Waals surface area contributed by atoms with E-state index < -0.39 is 5.97 Å². The van der Waals surface area contributed by atoms with Gasteiger partial charge in [-0.2, -0.15) is 0 Å². The fourth-order valence-electron chi connectivity index (χ4n) is 0.683. The van der Waals surface area contributed by atoms with Crippen LogP contribution in [-0.4, -0.2) is 15.6 Å². The Hall–Kier alpha value is -1.25. The van der Waals surface area contributed by atoms with Crippen LogP contribution < -0.4 is 0 Å². The molecule has 0 aliphatic heterocycles. The molecule has 3 heteroatoms. The average Bonchev–Trinajstić information content (AvgIpc) is 2.39. The van der Waals surface area contributed by atoms with Gasteiger partial charge in [-0.3, -0.25) is 0 Å². The predicted octanol–water partition coefficient (Wildman–Crippen LogP) is 1.75. The van der Waals surface area contributed by atoms with Crippen LogP contribution >= 0.6 is 0 Å². The molecule has 0 atom stereocenters. The van der Waals surface area contributed by atoms with E-state index in [1.54, 1.807) is 29.9 Å². The Balaban J connectivity index is 0.000000461. The Morgan fingerprint density at radius 3 is 2.27 bits per heavy atom. The SMILES string of the molecule is CC.Cn1cccc1C(=O)O. The van der Waals surface area contributed by atoms with Gasteiger partial charge >= 0.3 is 5.97 Å². The molecule has 1 aromatic heterocycles. The van der Waals surface area contributed by atoms with Crippen LogP contribution in [0, 0.1) is 0 Å². The van der Waals surface area contributed by atoms with Crippen LogP contribution in [0.2, 0.25) is 0 Å². The maximum absolute atomic E-state index is 10.3. The van der Waals surface area contributed by atoms with Gasteiger partial charge in [-0.25, -0.2) is 4.79 Å². The Labute approximate surface area is 66.3 Å². The first-order chi connectivity index (χ1) is 5.22. The van der Waals surface area contributed by atoms with Gasteiger partial charge in [0.05, 0.1) is 0 Å². The van der Waals surface area contributed by atoms with Crippen LogP contribution in [0.1, 0.15) is 24.3 Å². The largest absolute Gasteiger partial charge is 0.477 e. The highest BCUT2D eigenvalue weighted by Crippen LogP contribution is 1.97. The van der Waals surface area contributed by atoms with Gasteiger partial charge in [0.25, 0.3) is 0 Å². The molecule has 0 spiro atoms. The molecule has 1 aromatic rings. The third kappa shape index (κ3) is 2.45. The Morgan fingerprint density at radius 1 is 1.55 bits per heavy atom. The van der Waals surface area contributed by atoms with Crippen molar-refractivity contribution in [1.29, 1.82) is 0 Å². The lowest BCUT2D eigenvalue weighted by molar-refractivity contribution is 0.0686. The maximum Gasteiger partial charge on any atom is 0.352 e. The van der Waals surface area contributed by atoms with E-state index in [9.17, 15) is 4.79 Å². The second-order valence-electron chi connectivity index (χ2n) is 1.81. The highest BCUT2D eigenvalue weighted by Gasteiger charge is 2.03. The predicted molar refractivity (Wildman–Crippen MR) is 43.7 cm³/mol. The lowest BCUT2D eigenvalue weighted by Crippen LogP contribution is -2.02. The number of aryl methyl sites for hydroxylation is 1. The van der Waals surface area contributed by atoms with E-state index in [0.717, 1.165) is 0 Å². The van der Waals surface area contributed by atoms with Crippen LogP contribution in [0.5, 0.6) is 0 Å². The van der Waals surface area contributed by atoms with Gasteiger partial charge in [-0.1, -0.05) is 13.8 Å². The lowest BCUT2D eigenvalue weighted by Gasteiger charge is -1.93. The first-order valence-electron chi connectivity index (χ1n) is 3.56. The van der Waals surface area contributed by atoms with Crippen molar-refractivity contribution in [1.82, 2.24) is 4.57 Å². The molecule has 62 valence electrons. The van der Waals surface area contributed by atoms with Gasteiger partial charge in [0.1, 0.15) is 5.69 Å². The molecular weight excluding hydrogens is 142 g/mol. The van der Waals surface area contributed by atoms with Gasteiger partial charge < -0.3 is 9.67 Å². The number of hydrogen-bond donors (Lipinski definition) is 1. The Bertz CT molecular complexity index is 228. The molecule has 1 heterocycles. The summed E-state index contributed by atoms with van der Waals surface area (Å²) in [6.45, 7) is 4.00. The van der Waals surface area contributed by atoms with Crippen molar-refractivity contribution >= 4 is 5.97 Å². The van der Waals surface area contributed by atoms with Crippen LogP contribution in [0.15, 0.2) is 18.3 Å². The maximum atomic E-state index is 10.3. The minimum Gasteiger partial charge on any atom is -0.477 e. The fourth-order valence-corrected chi connectivity index (χ4v) is 0.683. The summed E-state index contributed by atoms with van der Waals surface area (Å²) in [5.41, 5.74) is 0.315. The summed E-state index contributed by atoms with van der Waals surface area (Å²) in [6, 6.07) is 3.26. The van der Waals surface area contributed by atoms with Crippen LogP contribution in [0.25, 0.3) is 0 Å². The van der Waals surface area contributed by atoms with Crippen LogP contribution in [0.4, 0.5) is 0 Å². The third-order valence-electron chi connectivity index (χ3n) is 1.16. The molecule has 0 saturated carbocycles. The summed E-state index contributed by atoms with van der Waals surface area (Å²) >= 11 is 0. The molecule has 0 amide bonds. The molecule has 1 N–H and O–H groups in total. The first kappa shape index (κ1) is 9.75. The van der Waals surface area contributed by atoms with Gasteiger partial charge in [0, 0.05) is 13.2 Å². The molecule has 0 aliphatic rings. The van der Waals surface area contributed by atoms with Crippen molar-refractivity contribution in [3.63, 3.8) is 0 Å². The van der Waals surface area contributed by atoms with E-state index in [1.807, 2.05) is 13.8 Å². The number of nitrogens with zero attached hydrogens (tertiary/aromatic N) is 1. The summed E-state index contributed by atoms with van der Waals surface area (Å²) in [6.07, 6.45) is 1.70. The van der Waals surface area contributed by atoms with Gasteiger partial charge in [-0.05, 0) is 12.1 Å². The number of carboxylic acid groups (broad SMARTS) is 1. The quantitative estimate of drug-likeness (QED) is 0.671. The number of rotatable bonds is 1. The van der Waals surface area contributed by atoms with E-state index in [1.165, 1.54) is 0 Å². The summed E-state index contributed by atoms with van der Waals surface area (Å²) < 4.78 is 1.56. The number of hydrogen-bond acceptors (Lipinski definition) is 1. The van der Waals surface area contributed by atoms with E-state index in [2.05, 4.69) is 0 Å². The molecule has 0 aliphatic carbocycles. The Kier molecular flexibility index (Phi) is 4.03. The summed E-state index contributed by atoms with van der Waals surface area (Å²) in [5.74, 6) is -0.887. The normalized spacial score (nSPS) is 8.27. The van der Waals surface area contributed by atoms with Crippen LogP contribution in [0.3, 0.4) is 0 Å². The minimum absolute atomic E-state index is 0.315. The van der Waals surface area contributed by atoms with Gasteiger partial charge in [-0.15, -0.1) is 0 Å². The van der Waals surface area contributed by atoms with Crippen molar-refractivity contribution in [3.05, 3.63) is 24.0 Å². The van der Waals surface area contributed by atoms with Crippen molar-refractivity contribution in [2.75, 3.05) is 0 Å². The standard InChI is InChI=1S/C6H7NO2.C2H6/c1-7-4-2-3-5(7)6(8)9;1-2/h2-4H,1H3,(H,8,9);1-2H3. The molecule has 0 saturated heterocycles. The third-order valence-corrected chi connectivity index (χ3v) is 1.16. The molecule has 0 bridgehead atoms.